The second kappa shape index (κ2) is 12.5. The maximum absolute atomic E-state index is 13.2. The summed E-state index contributed by atoms with van der Waals surface area (Å²) in [5.74, 6) is -0.0578. The number of nitrogens with zero attached hydrogens (tertiary/aromatic N) is 2. The van der Waals surface area contributed by atoms with Crippen LogP contribution in [0, 0.1) is 0 Å². The topological polar surface area (TPSA) is 102 Å². The number of fused-ring (bicyclic) bond motifs is 1. The molecule has 0 bridgehead atoms. The predicted molar refractivity (Wildman–Crippen MR) is 136 cm³/mol. The van der Waals surface area contributed by atoms with Crippen LogP contribution in [0.1, 0.15) is 31.2 Å². The van der Waals surface area contributed by atoms with Gasteiger partial charge in [-0.25, -0.2) is 4.98 Å². The lowest BCUT2D eigenvalue weighted by Crippen LogP contribution is -2.32. The SMILES string of the molecule is O=C(CCCn1c(SCC(=O)NCc2ccccc2)nc2ccccc2c1=O)NC[C@H]1CCCO1. The summed E-state index contributed by atoms with van der Waals surface area (Å²) < 4.78 is 7.11. The molecule has 2 N–H and O–H groups in total. The van der Waals surface area contributed by atoms with Crippen molar-refractivity contribution in [3.63, 3.8) is 0 Å². The molecule has 1 saturated heterocycles. The van der Waals surface area contributed by atoms with E-state index in [9.17, 15) is 14.4 Å². The first kappa shape index (κ1) is 24.9. The quantitative estimate of drug-likeness (QED) is 0.314. The molecule has 1 aliphatic heterocycles. The molecule has 1 fully saturated rings. The number of ether oxygens (including phenoxy) is 1. The third-order valence-corrected chi connectivity index (χ3v) is 6.80. The Morgan fingerprint density at radius 2 is 1.86 bits per heavy atom. The van der Waals surface area contributed by atoms with Crippen LogP contribution in [0.15, 0.2) is 64.5 Å². The zero-order valence-electron chi connectivity index (χ0n) is 19.6. The van der Waals surface area contributed by atoms with Crippen molar-refractivity contribution < 1.29 is 14.3 Å². The first-order valence-corrected chi connectivity index (χ1v) is 12.9. The second-order valence-electron chi connectivity index (χ2n) is 8.46. The number of aromatic nitrogens is 2. The molecule has 3 aromatic rings. The third-order valence-electron chi connectivity index (χ3n) is 5.83. The van der Waals surface area contributed by atoms with Crippen molar-refractivity contribution in [3.8, 4) is 0 Å². The number of nitrogens with one attached hydrogen (secondary N) is 2. The molecule has 0 saturated carbocycles. The van der Waals surface area contributed by atoms with E-state index in [0.717, 1.165) is 25.0 Å². The molecule has 184 valence electrons. The van der Waals surface area contributed by atoms with Crippen LogP contribution in [-0.4, -0.2) is 46.4 Å². The van der Waals surface area contributed by atoms with Gasteiger partial charge in [-0.15, -0.1) is 0 Å². The number of carbonyl (C=O) groups excluding carboxylic acids is 2. The zero-order chi connectivity index (χ0) is 24.5. The molecule has 2 amide bonds. The van der Waals surface area contributed by atoms with Crippen LogP contribution in [0.5, 0.6) is 0 Å². The molecule has 0 spiro atoms. The van der Waals surface area contributed by atoms with Gasteiger partial charge in [0, 0.05) is 32.7 Å². The molecule has 1 aromatic heterocycles. The molecule has 1 atom stereocenters. The Morgan fingerprint density at radius 3 is 2.66 bits per heavy atom. The van der Waals surface area contributed by atoms with E-state index in [4.69, 9.17) is 4.74 Å². The molecular formula is C26H30N4O4S. The molecule has 8 nitrogen and oxygen atoms in total. The molecule has 4 rings (SSSR count). The highest BCUT2D eigenvalue weighted by Gasteiger charge is 2.17. The van der Waals surface area contributed by atoms with Crippen molar-refractivity contribution >= 4 is 34.5 Å². The van der Waals surface area contributed by atoms with Gasteiger partial charge in [0.1, 0.15) is 0 Å². The maximum Gasteiger partial charge on any atom is 0.262 e. The van der Waals surface area contributed by atoms with E-state index in [1.54, 1.807) is 22.8 Å². The van der Waals surface area contributed by atoms with Crippen molar-refractivity contribution in [3.05, 3.63) is 70.5 Å². The van der Waals surface area contributed by atoms with Crippen LogP contribution in [0.25, 0.3) is 10.9 Å². The van der Waals surface area contributed by atoms with E-state index in [0.29, 0.717) is 48.5 Å². The molecule has 0 radical (unpaired) electrons. The fraction of sp³-hybridized carbons (Fsp3) is 0.385. The number of para-hydroxylation sites is 1. The minimum absolute atomic E-state index is 0.0585. The fourth-order valence-electron chi connectivity index (χ4n) is 3.95. The molecule has 2 aromatic carbocycles. The van der Waals surface area contributed by atoms with Gasteiger partial charge in [0.2, 0.25) is 11.8 Å². The summed E-state index contributed by atoms with van der Waals surface area (Å²) in [5.41, 5.74) is 1.45. The van der Waals surface area contributed by atoms with Gasteiger partial charge >= 0.3 is 0 Å². The van der Waals surface area contributed by atoms with Crippen LogP contribution >= 0.6 is 11.8 Å². The number of hydrogen-bond donors (Lipinski definition) is 2. The van der Waals surface area contributed by atoms with Gasteiger partial charge in [0.05, 0.1) is 22.8 Å². The smallest absolute Gasteiger partial charge is 0.262 e. The molecule has 9 heteroatoms. The van der Waals surface area contributed by atoms with Crippen LogP contribution < -0.4 is 16.2 Å². The summed E-state index contributed by atoms with van der Waals surface area (Å²) in [6.45, 7) is 2.07. The van der Waals surface area contributed by atoms with Crippen LogP contribution in [-0.2, 0) is 27.4 Å². The summed E-state index contributed by atoms with van der Waals surface area (Å²) in [6.07, 6.45) is 2.89. The Balaban J connectivity index is 1.37. The van der Waals surface area contributed by atoms with Crippen molar-refractivity contribution in [2.45, 2.75) is 50.0 Å². The Hall–Kier alpha value is -3.17. The maximum atomic E-state index is 13.2. The molecule has 1 aliphatic rings. The lowest BCUT2D eigenvalue weighted by atomic mass is 10.2. The first-order valence-electron chi connectivity index (χ1n) is 11.9. The van der Waals surface area contributed by atoms with Gasteiger partial charge in [-0.3, -0.25) is 19.0 Å². The largest absolute Gasteiger partial charge is 0.376 e. The minimum Gasteiger partial charge on any atom is -0.376 e. The van der Waals surface area contributed by atoms with Gasteiger partial charge in [-0.1, -0.05) is 54.2 Å². The monoisotopic (exact) mass is 494 g/mol. The van der Waals surface area contributed by atoms with Gasteiger partial charge in [-0.05, 0) is 37.0 Å². The van der Waals surface area contributed by atoms with E-state index >= 15 is 0 Å². The van der Waals surface area contributed by atoms with E-state index in [2.05, 4.69) is 15.6 Å². The van der Waals surface area contributed by atoms with E-state index in [-0.39, 0.29) is 29.2 Å². The number of carbonyl (C=O) groups is 2. The average molecular weight is 495 g/mol. The standard InChI is InChI=1S/C26H30N4O4S/c31-23(28-17-20-10-7-15-34-20)13-6-14-30-25(33)21-11-4-5-12-22(21)29-26(30)35-18-24(32)27-16-19-8-2-1-3-9-19/h1-5,8-9,11-12,20H,6-7,10,13-18H2,(H,27,32)(H,28,31)/t20-/m1/s1. The minimum atomic E-state index is -0.164. The summed E-state index contributed by atoms with van der Waals surface area (Å²) in [6, 6.07) is 16.9. The Bertz CT molecular complexity index is 1210. The molecular weight excluding hydrogens is 464 g/mol. The molecule has 35 heavy (non-hydrogen) atoms. The van der Waals surface area contributed by atoms with E-state index < -0.39 is 0 Å². The summed E-state index contributed by atoms with van der Waals surface area (Å²) >= 11 is 1.23. The fourth-order valence-corrected chi connectivity index (χ4v) is 4.81. The van der Waals surface area contributed by atoms with Gasteiger partial charge in [-0.2, -0.15) is 0 Å². The van der Waals surface area contributed by atoms with Gasteiger partial charge in [0.25, 0.3) is 5.56 Å². The normalized spacial score (nSPS) is 15.3. The number of rotatable bonds is 11. The summed E-state index contributed by atoms with van der Waals surface area (Å²) in [5, 5.41) is 6.81. The Morgan fingerprint density at radius 1 is 1.06 bits per heavy atom. The van der Waals surface area contributed by atoms with Crippen molar-refractivity contribution in [1.29, 1.82) is 0 Å². The lowest BCUT2D eigenvalue weighted by Gasteiger charge is -2.14. The van der Waals surface area contributed by atoms with Gasteiger partial charge < -0.3 is 15.4 Å². The van der Waals surface area contributed by atoms with Crippen LogP contribution in [0.3, 0.4) is 0 Å². The van der Waals surface area contributed by atoms with Gasteiger partial charge in [0.15, 0.2) is 5.16 Å². The highest BCUT2D eigenvalue weighted by atomic mass is 32.2. The first-order chi connectivity index (χ1) is 17.1. The Labute approximate surface area is 208 Å². The highest BCUT2D eigenvalue weighted by molar-refractivity contribution is 7.99. The van der Waals surface area contributed by atoms with Crippen molar-refractivity contribution in [1.82, 2.24) is 20.2 Å². The predicted octanol–water partition coefficient (Wildman–Crippen LogP) is 2.88. The number of hydrogen-bond acceptors (Lipinski definition) is 6. The van der Waals surface area contributed by atoms with Crippen molar-refractivity contribution in [2.24, 2.45) is 0 Å². The van der Waals surface area contributed by atoms with Crippen LogP contribution in [0.4, 0.5) is 0 Å². The summed E-state index contributed by atoms with van der Waals surface area (Å²) in [4.78, 5) is 42.5. The highest BCUT2D eigenvalue weighted by Crippen LogP contribution is 2.18. The third kappa shape index (κ3) is 7.16. The zero-order valence-corrected chi connectivity index (χ0v) is 20.4. The van der Waals surface area contributed by atoms with Crippen molar-refractivity contribution in [2.75, 3.05) is 18.9 Å². The summed E-state index contributed by atoms with van der Waals surface area (Å²) in [7, 11) is 0. The number of amides is 2. The molecule has 0 unspecified atom stereocenters. The second-order valence-corrected chi connectivity index (χ2v) is 9.40. The number of benzene rings is 2. The van der Waals surface area contributed by atoms with E-state index in [1.807, 2.05) is 36.4 Å². The Kier molecular flexibility index (Phi) is 8.91. The molecule has 2 heterocycles. The lowest BCUT2D eigenvalue weighted by molar-refractivity contribution is -0.121. The van der Waals surface area contributed by atoms with Crippen LogP contribution in [0.2, 0.25) is 0 Å². The molecule has 0 aliphatic carbocycles. The average Bonchev–Trinajstić information content (AvgIpc) is 3.41. The number of thioether (sulfide) groups is 1. The van der Waals surface area contributed by atoms with E-state index in [1.165, 1.54) is 11.8 Å².